The molecule has 0 bridgehead atoms. The second-order valence-electron chi connectivity index (χ2n) is 12.5. The number of nitrogens with zero attached hydrogens (tertiary/aromatic N) is 2. The second kappa shape index (κ2) is 13.5. The van der Waals surface area contributed by atoms with Gasteiger partial charge in [-0.15, -0.1) is 0 Å². The molecule has 1 saturated heterocycles. The van der Waals surface area contributed by atoms with Crippen LogP contribution < -0.4 is 22.1 Å². The smallest absolute Gasteiger partial charge is 0.254 e. The molecule has 12 nitrogen and oxygen atoms in total. The van der Waals surface area contributed by atoms with Gasteiger partial charge in [0.25, 0.3) is 5.91 Å². The maximum absolute atomic E-state index is 13.9. The molecule has 1 unspecified atom stereocenters. The van der Waals surface area contributed by atoms with Gasteiger partial charge in [-0.05, 0) is 57.7 Å². The largest absolute Gasteiger partial charge is 0.381 e. The van der Waals surface area contributed by atoms with E-state index < -0.39 is 59.2 Å². The van der Waals surface area contributed by atoms with Crippen molar-refractivity contribution in [2.45, 2.75) is 75.7 Å². The Balaban J connectivity index is 1.64. The molecule has 238 valence electrons. The summed E-state index contributed by atoms with van der Waals surface area (Å²) in [7, 11) is 0. The van der Waals surface area contributed by atoms with Crippen molar-refractivity contribution >= 4 is 40.3 Å². The zero-order valence-corrected chi connectivity index (χ0v) is 25.7. The van der Waals surface area contributed by atoms with E-state index in [4.69, 9.17) is 11.5 Å². The first-order valence-corrected chi connectivity index (χ1v) is 14.8. The summed E-state index contributed by atoms with van der Waals surface area (Å²) in [6.07, 6.45) is -1.73. The Hall–Kier alpha value is -4.68. The Bertz CT molecular complexity index is 1590. The molecule has 0 saturated carbocycles. The lowest BCUT2D eigenvalue weighted by atomic mass is 9.86. The first-order valence-electron chi connectivity index (χ1n) is 14.8. The number of carbonyl (C=O) groups excluding carboxylic acids is 5. The van der Waals surface area contributed by atoms with Crippen LogP contribution in [0.25, 0.3) is 10.9 Å². The van der Waals surface area contributed by atoms with E-state index in [0.29, 0.717) is 23.9 Å². The number of carbonyl (C=O) groups is 5. The number of amides is 4. The van der Waals surface area contributed by atoms with Gasteiger partial charge in [0.2, 0.25) is 23.5 Å². The Morgan fingerprint density at radius 3 is 2.33 bits per heavy atom. The quantitative estimate of drug-likeness (QED) is 0.155. The predicted molar refractivity (Wildman–Crippen MR) is 168 cm³/mol. The highest BCUT2D eigenvalue weighted by Gasteiger charge is 2.47. The predicted octanol–water partition coefficient (Wildman–Crippen LogP) is 0.985. The molecule has 1 aliphatic heterocycles. The molecule has 1 aliphatic rings. The molecule has 1 fully saturated rings. The van der Waals surface area contributed by atoms with Gasteiger partial charge in [-0.1, -0.05) is 54.6 Å². The van der Waals surface area contributed by atoms with E-state index in [-0.39, 0.29) is 24.6 Å². The van der Waals surface area contributed by atoms with Crippen LogP contribution in [0.15, 0.2) is 66.7 Å². The molecule has 2 aromatic carbocycles. The maximum Gasteiger partial charge on any atom is 0.254 e. The number of nitrogens with one attached hydrogen (secondary N) is 2. The number of hydrogen-bond acceptors (Lipinski definition) is 8. The normalized spacial score (nSPS) is 17.6. The number of aromatic nitrogens is 1. The van der Waals surface area contributed by atoms with E-state index in [2.05, 4.69) is 15.6 Å². The van der Waals surface area contributed by atoms with Crippen LogP contribution in [0.2, 0.25) is 0 Å². The van der Waals surface area contributed by atoms with Gasteiger partial charge in [0, 0.05) is 17.5 Å². The molecule has 4 amide bonds. The Kier molecular flexibility index (Phi) is 9.99. The molecule has 7 N–H and O–H groups in total. The minimum absolute atomic E-state index is 0.0265. The highest BCUT2D eigenvalue weighted by atomic mass is 16.3. The summed E-state index contributed by atoms with van der Waals surface area (Å²) in [5, 5.41) is 17.6. The first-order chi connectivity index (χ1) is 21.2. The molecule has 1 aromatic heterocycles. The van der Waals surface area contributed by atoms with Crippen molar-refractivity contribution in [1.29, 1.82) is 0 Å². The van der Waals surface area contributed by atoms with Crippen LogP contribution in [-0.2, 0) is 25.6 Å². The highest BCUT2D eigenvalue weighted by Crippen LogP contribution is 2.23. The van der Waals surface area contributed by atoms with E-state index in [0.717, 1.165) is 5.39 Å². The zero-order chi connectivity index (χ0) is 32.9. The third-order valence-electron chi connectivity index (χ3n) is 7.68. The molecular formula is C33H40N6O6. The second-order valence-corrected chi connectivity index (χ2v) is 12.5. The van der Waals surface area contributed by atoms with E-state index in [1.807, 2.05) is 20.8 Å². The fraction of sp³-hybridized carbons (Fsp3) is 0.394. The van der Waals surface area contributed by atoms with Crippen molar-refractivity contribution in [1.82, 2.24) is 20.5 Å². The number of aliphatic hydroxyl groups is 1. The third kappa shape index (κ3) is 7.89. The lowest BCUT2D eigenvalue weighted by Gasteiger charge is -2.33. The Morgan fingerprint density at radius 1 is 1.00 bits per heavy atom. The van der Waals surface area contributed by atoms with Crippen LogP contribution in [0.1, 0.15) is 56.1 Å². The van der Waals surface area contributed by atoms with Gasteiger partial charge in [0.1, 0.15) is 11.7 Å². The van der Waals surface area contributed by atoms with Crippen molar-refractivity contribution in [3.05, 3.63) is 78.0 Å². The van der Waals surface area contributed by atoms with Crippen LogP contribution in [0.5, 0.6) is 0 Å². The fourth-order valence-electron chi connectivity index (χ4n) is 5.46. The number of likely N-dealkylation sites (tertiary alicyclic amines) is 1. The lowest BCUT2D eigenvalue weighted by Crippen LogP contribution is -2.65. The van der Waals surface area contributed by atoms with Gasteiger partial charge in [0.05, 0.1) is 18.0 Å². The first kappa shape index (κ1) is 33.2. The van der Waals surface area contributed by atoms with Gasteiger partial charge < -0.3 is 32.1 Å². The summed E-state index contributed by atoms with van der Waals surface area (Å²) in [5.41, 5.74) is 9.78. The Morgan fingerprint density at radius 2 is 1.67 bits per heavy atom. The van der Waals surface area contributed by atoms with E-state index in [9.17, 15) is 29.1 Å². The molecule has 0 aliphatic carbocycles. The SMILES string of the molecule is CC(C)(C)NC(=O)[C@@H]1CCCN1C(=O)C(O)[C@H](Cc1ccccc1)NC(=O)[C@@](N)(CC(N)=O)C(=O)c1ccc2ccccc2n1. The Labute approximate surface area is 261 Å². The summed E-state index contributed by atoms with van der Waals surface area (Å²) >= 11 is 0. The molecular weight excluding hydrogens is 576 g/mol. The van der Waals surface area contributed by atoms with Gasteiger partial charge in [-0.2, -0.15) is 0 Å². The molecule has 4 rings (SSSR count). The summed E-state index contributed by atoms with van der Waals surface area (Å²) in [6, 6.07) is 16.8. The number of ketones is 1. The van der Waals surface area contributed by atoms with E-state index in [1.54, 1.807) is 60.7 Å². The highest BCUT2D eigenvalue weighted by molar-refractivity contribution is 6.19. The standard InChI is InChI=1S/C33H40N6O6/c1-32(2,3)38-29(43)25-14-9-17-39(25)30(44)27(41)24(18-20-10-5-4-6-11-20)37-31(45)33(35,19-26(34)40)28(42)23-16-15-21-12-7-8-13-22(21)36-23/h4-8,10-13,15-16,24-25,27,41H,9,14,17-19,35H2,1-3H3,(H2,34,40)(H,37,45)(H,38,43)/t24-,25-,27?,33+/m0/s1. The summed E-state index contributed by atoms with van der Waals surface area (Å²) in [4.78, 5) is 72.0. The number of fused-ring (bicyclic) bond motifs is 1. The van der Waals surface area contributed by atoms with Crippen LogP contribution in [0.3, 0.4) is 0 Å². The van der Waals surface area contributed by atoms with Crippen LogP contribution in [-0.4, -0.2) is 80.2 Å². The number of Topliss-reactive ketones (excluding diaryl/α,β-unsaturated/α-hetero) is 1. The molecule has 0 radical (unpaired) electrons. The molecule has 2 heterocycles. The molecule has 45 heavy (non-hydrogen) atoms. The number of rotatable bonds is 11. The number of hydrogen-bond donors (Lipinski definition) is 5. The van der Waals surface area contributed by atoms with Gasteiger partial charge in [0.15, 0.2) is 11.6 Å². The van der Waals surface area contributed by atoms with E-state index in [1.165, 1.54) is 11.0 Å². The van der Waals surface area contributed by atoms with Gasteiger partial charge in [-0.25, -0.2) is 4.98 Å². The van der Waals surface area contributed by atoms with Crippen molar-refractivity contribution in [3.63, 3.8) is 0 Å². The summed E-state index contributed by atoms with van der Waals surface area (Å²) in [6.45, 7) is 5.71. The lowest BCUT2D eigenvalue weighted by molar-refractivity contribution is -0.147. The van der Waals surface area contributed by atoms with E-state index >= 15 is 0 Å². The fourth-order valence-corrected chi connectivity index (χ4v) is 5.46. The van der Waals surface area contributed by atoms with Gasteiger partial charge in [-0.3, -0.25) is 24.0 Å². The molecule has 4 atom stereocenters. The number of pyridine rings is 1. The van der Waals surface area contributed by atoms with Crippen molar-refractivity contribution in [2.24, 2.45) is 11.5 Å². The molecule has 3 aromatic rings. The van der Waals surface area contributed by atoms with Crippen molar-refractivity contribution < 1.29 is 29.1 Å². The monoisotopic (exact) mass is 616 g/mol. The number of primary amides is 1. The van der Waals surface area contributed by atoms with Gasteiger partial charge >= 0.3 is 0 Å². The number of nitrogens with two attached hydrogens (primary N) is 2. The average molecular weight is 617 g/mol. The minimum atomic E-state index is -2.50. The minimum Gasteiger partial charge on any atom is -0.381 e. The number of aliphatic hydroxyl groups excluding tert-OH is 1. The maximum atomic E-state index is 13.9. The van der Waals surface area contributed by atoms with Crippen LogP contribution >= 0.6 is 0 Å². The third-order valence-corrected chi connectivity index (χ3v) is 7.68. The van der Waals surface area contributed by atoms with Crippen molar-refractivity contribution in [2.75, 3.05) is 6.54 Å². The van der Waals surface area contributed by atoms with Crippen LogP contribution in [0.4, 0.5) is 0 Å². The average Bonchev–Trinajstić information content (AvgIpc) is 3.49. The van der Waals surface area contributed by atoms with Crippen molar-refractivity contribution in [3.8, 4) is 0 Å². The summed E-state index contributed by atoms with van der Waals surface area (Å²) in [5.74, 6) is -4.19. The van der Waals surface area contributed by atoms with Crippen LogP contribution in [0, 0.1) is 0 Å². The number of benzene rings is 2. The molecule has 12 heteroatoms. The molecule has 0 spiro atoms. The summed E-state index contributed by atoms with van der Waals surface area (Å²) < 4.78 is 0. The zero-order valence-electron chi connectivity index (χ0n) is 25.7. The number of para-hydroxylation sites is 1. The topological polar surface area (TPSA) is 198 Å².